The van der Waals surface area contributed by atoms with E-state index in [4.69, 9.17) is 4.99 Å². The Morgan fingerprint density at radius 1 is 0.622 bits per heavy atom. The molecule has 0 atom stereocenters. The topological polar surface area (TPSA) is 24.4 Å². The first-order valence-electron chi connectivity index (χ1n) is 14.3. The Labute approximate surface area is 229 Å². The molecule has 0 saturated carbocycles. The third kappa shape index (κ3) is 7.82. The van der Waals surface area contributed by atoms with Crippen LogP contribution in [-0.2, 0) is 0 Å². The molecule has 0 heterocycles. The van der Waals surface area contributed by atoms with Crippen molar-refractivity contribution in [3.63, 3.8) is 0 Å². The molecule has 2 nitrogen and oxygen atoms in total. The minimum absolute atomic E-state index is 0.0806. The monoisotopic (exact) mass is 502 g/mol. The number of para-hydroxylation sites is 2. The van der Waals surface area contributed by atoms with Gasteiger partial charge in [-0.25, -0.2) is 0 Å². The second-order valence-electron chi connectivity index (χ2n) is 13.9. The molecular weight excluding hydrogens is 448 g/mol. The summed E-state index contributed by atoms with van der Waals surface area (Å²) in [6, 6.07) is 13.4. The van der Waals surface area contributed by atoms with Gasteiger partial charge in [-0.3, -0.25) is 4.99 Å². The Morgan fingerprint density at radius 2 is 1.00 bits per heavy atom. The molecule has 2 heteroatoms. The van der Waals surface area contributed by atoms with Crippen LogP contribution in [0.3, 0.4) is 0 Å². The summed E-state index contributed by atoms with van der Waals surface area (Å²) in [5.74, 6) is 1.69. The summed E-state index contributed by atoms with van der Waals surface area (Å²) < 4.78 is 0. The van der Waals surface area contributed by atoms with Crippen LogP contribution in [-0.4, -0.2) is 5.71 Å². The molecular formula is C35H54N2. The zero-order chi connectivity index (χ0) is 28.3. The second-order valence-corrected chi connectivity index (χ2v) is 13.9. The van der Waals surface area contributed by atoms with Gasteiger partial charge >= 0.3 is 0 Å². The minimum Gasteiger partial charge on any atom is -0.358 e. The lowest BCUT2D eigenvalue weighted by Crippen LogP contribution is -2.25. The van der Waals surface area contributed by atoms with Crippen LogP contribution in [0.2, 0.25) is 0 Å². The van der Waals surface area contributed by atoms with Crippen molar-refractivity contribution in [1.29, 1.82) is 0 Å². The van der Waals surface area contributed by atoms with Gasteiger partial charge in [-0.2, -0.15) is 0 Å². The molecule has 0 aliphatic heterocycles. The van der Waals surface area contributed by atoms with E-state index in [0.717, 1.165) is 11.4 Å². The largest absolute Gasteiger partial charge is 0.358 e. The van der Waals surface area contributed by atoms with Crippen molar-refractivity contribution in [2.45, 2.75) is 121 Å². The van der Waals surface area contributed by atoms with Crippen molar-refractivity contribution in [3.8, 4) is 0 Å². The molecule has 0 radical (unpaired) electrons. The quantitative estimate of drug-likeness (QED) is 0.357. The number of hydrogen-bond acceptors (Lipinski definition) is 2. The highest BCUT2D eigenvalue weighted by Gasteiger charge is 2.26. The van der Waals surface area contributed by atoms with E-state index in [2.05, 4.69) is 145 Å². The predicted octanol–water partition coefficient (Wildman–Crippen LogP) is 11.3. The van der Waals surface area contributed by atoms with Gasteiger partial charge < -0.3 is 5.32 Å². The van der Waals surface area contributed by atoms with Gasteiger partial charge in [-0.15, -0.1) is 0 Å². The van der Waals surface area contributed by atoms with Gasteiger partial charge in [0.05, 0.1) is 5.69 Å². The Balaban J connectivity index is 2.86. The van der Waals surface area contributed by atoms with Crippen molar-refractivity contribution in [1.82, 2.24) is 0 Å². The zero-order valence-corrected chi connectivity index (χ0v) is 26.3. The van der Waals surface area contributed by atoms with E-state index in [-0.39, 0.29) is 10.8 Å². The van der Waals surface area contributed by atoms with Crippen molar-refractivity contribution < 1.29 is 0 Å². The molecule has 2 aromatic rings. The summed E-state index contributed by atoms with van der Waals surface area (Å²) >= 11 is 0. The Bertz CT molecular complexity index is 1060. The fourth-order valence-corrected chi connectivity index (χ4v) is 4.58. The Kier molecular flexibility index (Phi) is 10.0. The summed E-state index contributed by atoms with van der Waals surface area (Å²) in [5, 5.41) is 3.96. The van der Waals surface area contributed by atoms with Crippen molar-refractivity contribution in [2.24, 2.45) is 15.8 Å². The highest BCUT2D eigenvalue weighted by molar-refractivity contribution is 6.02. The maximum Gasteiger partial charge on any atom is 0.0702 e. The molecule has 0 saturated heterocycles. The van der Waals surface area contributed by atoms with Crippen molar-refractivity contribution in [3.05, 3.63) is 70.4 Å². The van der Waals surface area contributed by atoms with Crippen LogP contribution in [0.1, 0.15) is 143 Å². The summed E-state index contributed by atoms with van der Waals surface area (Å²) in [4.78, 5) is 5.48. The van der Waals surface area contributed by atoms with Crippen molar-refractivity contribution >= 4 is 17.1 Å². The maximum absolute atomic E-state index is 5.48. The van der Waals surface area contributed by atoms with Gasteiger partial charge in [0.2, 0.25) is 0 Å². The highest BCUT2D eigenvalue weighted by atomic mass is 14.9. The van der Waals surface area contributed by atoms with Gasteiger partial charge in [0.15, 0.2) is 0 Å². The SMILES string of the molecule is CC(C)c1cccc(C(C)C)c1N=C(/C=C(/Nc1c(C(C)C)cccc1C(C)C)C(C)(C)C)C(C)(C)C. The number of hydrogen-bond donors (Lipinski definition) is 1. The lowest BCUT2D eigenvalue weighted by molar-refractivity contribution is 0.506. The van der Waals surface area contributed by atoms with E-state index in [1.54, 1.807) is 0 Å². The molecule has 0 aliphatic carbocycles. The minimum atomic E-state index is -0.116. The number of benzene rings is 2. The fourth-order valence-electron chi connectivity index (χ4n) is 4.58. The van der Waals surface area contributed by atoms with Crippen molar-refractivity contribution in [2.75, 3.05) is 5.32 Å². The van der Waals surface area contributed by atoms with Gasteiger partial charge in [0.1, 0.15) is 0 Å². The second kappa shape index (κ2) is 12.0. The highest BCUT2D eigenvalue weighted by Crippen LogP contribution is 2.39. The summed E-state index contributed by atoms with van der Waals surface area (Å²) in [7, 11) is 0. The first-order valence-corrected chi connectivity index (χ1v) is 14.3. The third-order valence-electron chi connectivity index (χ3n) is 7.06. The van der Waals surface area contributed by atoms with E-state index in [9.17, 15) is 0 Å². The summed E-state index contributed by atoms with van der Waals surface area (Å²) in [6.45, 7) is 31.9. The van der Waals surface area contributed by atoms with E-state index < -0.39 is 0 Å². The summed E-state index contributed by atoms with van der Waals surface area (Å²) in [6.07, 6.45) is 2.34. The molecule has 0 amide bonds. The van der Waals surface area contributed by atoms with Gasteiger partial charge in [0, 0.05) is 27.9 Å². The Morgan fingerprint density at radius 3 is 1.32 bits per heavy atom. The first kappa shape index (κ1) is 30.9. The number of nitrogens with zero attached hydrogens (tertiary/aromatic N) is 1. The first-order chi connectivity index (χ1) is 16.9. The maximum atomic E-state index is 5.48. The number of nitrogens with one attached hydrogen (secondary N) is 1. The standard InChI is InChI=1S/C35H54N2/c1-22(2)26-17-15-18-27(23(3)4)32(26)36-30(34(9,10)11)21-31(35(12,13)14)37-33-28(24(5)6)19-16-20-29(33)25(7)8/h15-25,36H,1-14H3/b30-21+,37-31?. The van der Waals surface area contributed by atoms with Crippen LogP contribution >= 0.6 is 0 Å². The van der Waals surface area contributed by atoms with E-state index in [1.165, 1.54) is 33.6 Å². The smallest absolute Gasteiger partial charge is 0.0702 e. The normalized spacial score (nSPS) is 13.9. The number of allylic oxidation sites excluding steroid dienone is 2. The predicted molar refractivity (Wildman–Crippen MR) is 167 cm³/mol. The lowest BCUT2D eigenvalue weighted by atomic mass is 9.83. The van der Waals surface area contributed by atoms with E-state index in [0.29, 0.717) is 23.7 Å². The number of rotatable bonds is 8. The molecule has 0 aliphatic rings. The van der Waals surface area contributed by atoms with Crippen LogP contribution in [0.25, 0.3) is 0 Å². The molecule has 0 unspecified atom stereocenters. The van der Waals surface area contributed by atoms with Crippen LogP contribution in [0, 0.1) is 10.8 Å². The van der Waals surface area contributed by atoms with Gasteiger partial charge in [-0.1, -0.05) is 133 Å². The number of anilines is 1. The molecule has 2 rings (SSSR count). The van der Waals surface area contributed by atoms with Crippen LogP contribution < -0.4 is 5.32 Å². The molecule has 0 bridgehead atoms. The van der Waals surface area contributed by atoms with Crippen LogP contribution in [0.4, 0.5) is 11.4 Å². The fraction of sp³-hybridized carbons (Fsp3) is 0.571. The average molecular weight is 503 g/mol. The third-order valence-corrected chi connectivity index (χ3v) is 7.06. The number of aliphatic imine (C=N–C) groups is 1. The molecule has 2 aromatic carbocycles. The zero-order valence-electron chi connectivity index (χ0n) is 26.3. The van der Waals surface area contributed by atoms with E-state index >= 15 is 0 Å². The molecule has 0 spiro atoms. The van der Waals surface area contributed by atoms with Gasteiger partial charge in [-0.05, 0) is 52.0 Å². The average Bonchev–Trinajstić information content (AvgIpc) is 2.75. The summed E-state index contributed by atoms with van der Waals surface area (Å²) in [5.41, 5.74) is 9.87. The molecule has 37 heavy (non-hydrogen) atoms. The molecule has 0 aromatic heterocycles. The van der Waals surface area contributed by atoms with Crippen LogP contribution in [0.15, 0.2) is 53.2 Å². The molecule has 0 fully saturated rings. The lowest BCUT2D eigenvalue weighted by Gasteiger charge is -2.31. The molecule has 1 N–H and O–H groups in total. The van der Waals surface area contributed by atoms with Crippen LogP contribution in [0.5, 0.6) is 0 Å². The van der Waals surface area contributed by atoms with Gasteiger partial charge in [0.25, 0.3) is 0 Å². The molecule has 204 valence electrons. The van der Waals surface area contributed by atoms with E-state index in [1.807, 2.05) is 0 Å². The Hall–Kier alpha value is -2.35.